The number of aliphatic carboxylic acids is 1. The molecule has 0 spiro atoms. The summed E-state index contributed by atoms with van der Waals surface area (Å²) >= 11 is 0. The lowest BCUT2D eigenvalue weighted by Gasteiger charge is -2.36. The van der Waals surface area contributed by atoms with Gasteiger partial charge in [-0.1, -0.05) is 35.9 Å². The minimum absolute atomic E-state index is 0.115. The Bertz CT molecular complexity index is 1520. The van der Waals surface area contributed by atoms with Crippen molar-refractivity contribution >= 4 is 34.2 Å². The SMILES string of the molecule is CC(C)(C)O.Cc1ccc(-c2c(C)c3c(c(C)c2CC(=O)O)N(S(C)=O)Cc2cc(N4CCCC4=O)ccc2-3)cc1. The number of nitrogens with zero attached hydrogens (tertiary/aromatic N) is 2. The van der Waals surface area contributed by atoms with Gasteiger partial charge in [0.1, 0.15) is 11.0 Å². The van der Waals surface area contributed by atoms with Gasteiger partial charge in [0.05, 0.1) is 24.3 Å². The van der Waals surface area contributed by atoms with E-state index in [-0.39, 0.29) is 12.3 Å². The van der Waals surface area contributed by atoms with E-state index in [2.05, 4.69) is 6.07 Å². The van der Waals surface area contributed by atoms with Gasteiger partial charge >= 0.3 is 5.97 Å². The molecular weight excluding hydrogens is 536 g/mol. The molecule has 0 aromatic heterocycles. The largest absolute Gasteiger partial charge is 0.481 e. The first kappa shape index (κ1) is 30.5. The number of fused-ring (bicyclic) bond motifs is 3. The Kier molecular flexibility index (Phi) is 8.76. The lowest BCUT2D eigenvalue weighted by Crippen LogP contribution is -2.30. The maximum absolute atomic E-state index is 13.0. The predicted molar refractivity (Wildman–Crippen MR) is 167 cm³/mol. The maximum atomic E-state index is 13.0. The van der Waals surface area contributed by atoms with E-state index in [0.717, 1.165) is 67.9 Å². The average Bonchev–Trinajstić information content (AvgIpc) is 3.31. The highest BCUT2D eigenvalue weighted by molar-refractivity contribution is 7.85. The topological polar surface area (TPSA) is 98.2 Å². The Morgan fingerprint density at radius 3 is 2.17 bits per heavy atom. The van der Waals surface area contributed by atoms with Crippen molar-refractivity contribution in [2.75, 3.05) is 22.0 Å². The van der Waals surface area contributed by atoms with E-state index in [1.165, 1.54) is 0 Å². The first-order valence-corrected chi connectivity index (χ1v) is 15.4. The molecule has 2 heterocycles. The summed E-state index contributed by atoms with van der Waals surface area (Å²) in [4.78, 5) is 26.1. The summed E-state index contributed by atoms with van der Waals surface area (Å²) in [5.41, 5.74) is 9.82. The molecule has 1 atom stereocenters. The molecule has 0 aliphatic carbocycles. The molecule has 0 saturated carbocycles. The van der Waals surface area contributed by atoms with Gasteiger partial charge in [-0.25, -0.2) is 4.21 Å². The molecule has 1 amide bonds. The van der Waals surface area contributed by atoms with Gasteiger partial charge in [-0.2, -0.15) is 0 Å². The number of hydrogen-bond acceptors (Lipinski definition) is 4. The number of carbonyl (C=O) groups is 2. The number of carboxylic acids is 1. The van der Waals surface area contributed by atoms with Crippen LogP contribution < -0.4 is 9.21 Å². The molecule has 41 heavy (non-hydrogen) atoms. The smallest absolute Gasteiger partial charge is 0.307 e. The molecule has 2 N–H and O–H groups in total. The van der Waals surface area contributed by atoms with E-state index in [1.807, 2.05) is 66.4 Å². The first-order valence-electron chi connectivity index (χ1n) is 13.9. The second-order valence-electron chi connectivity index (χ2n) is 11.9. The number of carboxylic acid groups (broad SMARTS) is 1. The lowest BCUT2D eigenvalue weighted by molar-refractivity contribution is -0.136. The predicted octanol–water partition coefficient (Wildman–Crippen LogP) is 6.09. The number of amides is 1. The van der Waals surface area contributed by atoms with Crippen LogP contribution in [0.3, 0.4) is 0 Å². The van der Waals surface area contributed by atoms with Crippen LogP contribution in [0.1, 0.15) is 61.4 Å². The summed E-state index contributed by atoms with van der Waals surface area (Å²) in [7, 11) is -1.32. The molecule has 1 unspecified atom stereocenters. The van der Waals surface area contributed by atoms with Crippen LogP contribution in [0.2, 0.25) is 0 Å². The van der Waals surface area contributed by atoms with Crippen molar-refractivity contribution < 1.29 is 24.0 Å². The average molecular weight is 577 g/mol. The number of anilines is 2. The van der Waals surface area contributed by atoms with Crippen molar-refractivity contribution in [3.05, 3.63) is 70.3 Å². The highest BCUT2D eigenvalue weighted by atomic mass is 32.2. The van der Waals surface area contributed by atoms with E-state index in [1.54, 1.807) is 27.0 Å². The molecule has 8 heteroatoms. The standard InChI is InChI=1S/C29H30N2O4S.C4H10O/c1-17-7-9-20(10-8-17)27-19(3)28-23-12-11-22(30-13-5-6-25(30)32)14-21(23)16-31(36(4)35)29(28)18(2)24(27)15-26(33)34;1-4(2,3)5/h7-12,14H,5-6,13,15-16H2,1-4H3,(H,33,34);5H,1-3H3. The minimum Gasteiger partial charge on any atom is -0.481 e. The van der Waals surface area contributed by atoms with Crippen LogP contribution in [0.25, 0.3) is 22.3 Å². The van der Waals surface area contributed by atoms with Gasteiger partial charge in [-0.05, 0) is 99.0 Å². The molecule has 3 aromatic rings. The normalized spacial score (nSPS) is 15.2. The van der Waals surface area contributed by atoms with E-state index in [4.69, 9.17) is 5.11 Å². The van der Waals surface area contributed by atoms with Gasteiger partial charge in [-0.15, -0.1) is 0 Å². The van der Waals surface area contributed by atoms with E-state index in [0.29, 0.717) is 19.5 Å². The highest BCUT2D eigenvalue weighted by Crippen LogP contribution is 2.49. The second-order valence-corrected chi connectivity index (χ2v) is 13.2. The fourth-order valence-electron chi connectivity index (χ4n) is 5.67. The Morgan fingerprint density at radius 2 is 1.63 bits per heavy atom. The first-order chi connectivity index (χ1) is 19.2. The molecule has 1 saturated heterocycles. The van der Waals surface area contributed by atoms with Crippen LogP contribution in [0, 0.1) is 20.8 Å². The van der Waals surface area contributed by atoms with E-state index in [9.17, 15) is 18.9 Å². The summed E-state index contributed by atoms with van der Waals surface area (Å²) in [6.07, 6.45) is 2.96. The zero-order valence-corrected chi connectivity index (χ0v) is 25.8. The van der Waals surface area contributed by atoms with Crippen LogP contribution in [-0.4, -0.2) is 44.7 Å². The summed E-state index contributed by atoms with van der Waals surface area (Å²) in [6.45, 7) is 12.4. The number of aryl methyl sites for hydroxylation is 1. The van der Waals surface area contributed by atoms with Crippen LogP contribution in [0.15, 0.2) is 42.5 Å². The van der Waals surface area contributed by atoms with Gasteiger partial charge in [0, 0.05) is 30.5 Å². The van der Waals surface area contributed by atoms with Crippen molar-refractivity contribution in [2.45, 2.75) is 73.0 Å². The van der Waals surface area contributed by atoms with Crippen LogP contribution in [-0.2, 0) is 33.5 Å². The molecule has 3 aromatic carbocycles. The van der Waals surface area contributed by atoms with Gasteiger partial charge in [0.2, 0.25) is 5.91 Å². The fraction of sp³-hybridized carbons (Fsp3) is 0.394. The van der Waals surface area contributed by atoms with Gasteiger partial charge in [0.25, 0.3) is 0 Å². The third-order valence-electron chi connectivity index (χ3n) is 7.38. The second kappa shape index (κ2) is 11.8. The molecule has 0 radical (unpaired) electrons. The summed E-state index contributed by atoms with van der Waals surface area (Å²) in [6, 6.07) is 14.3. The third kappa shape index (κ3) is 6.54. The number of hydrogen-bond donors (Lipinski definition) is 2. The Labute approximate surface area is 245 Å². The molecule has 2 aliphatic heterocycles. The van der Waals surface area contributed by atoms with Gasteiger partial charge in [-0.3, -0.25) is 13.9 Å². The fourth-order valence-corrected chi connectivity index (χ4v) is 6.47. The van der Waals surface area contributed by atoms with Gasteiger partial charge in [0.15, 0.2) is 0 Å². The zero-order valence-electron chi connectivity index (χ0n) is 25.0. The van der Waals surface area contributed by atoms with Crippen LogP contribution in [0.4, 0.5) is 11.4 Å². The van der Waals surface area contributed by atoms with Crippen molar-refractivity contribution in [3.63, 3.8) is 0 Å². The maximum Gasteiger partial charge on any atom is 0.307 e. The zero-order chi connectivity index (χ0) is 30.2. The Morgan fingerprint density at radius 1 is 1.00 bits per heavy atom. The van der Waals surface area contributed by atoms with Crippen molar-refractivity contribution in [1.82, 2.24) is 0 Å². The van der Waals surface area contributed by atoms with Gasteiger partial charge < -0.3 is 15.1 Å². The van der Waals surface area contributed by atoms with Crippen molar-refractivity contribution in [3.8, 4) is 22.3 Å². The molecule has 218 valence electrons. The molecule has 0 bridgehead atoms. The van der Waals surface area contributed by atoms with E-state index >= 15 is 0 Å². The summed E-state index contributed by atoms with van der Waals surface area (Å²) in [5.74, 6) is -0.764. The number of carbonyl (C=O) groups excluding carboxylic acids is 1. The monoisotopic (exact) mass is 576 g/mol. The number of rotatable bonds is 5. The third-order valence-corrected chi connectivity index (χ3v) is 8.31. The molecular formula is C33H40N2O5S. The summed E-state index contributed by atoms with van der Waals surface area (Å²) < 4.78 is 14.9. The Balaban J connectivity index is 0.000000714. The minimum atomic E-state index is -1.32. The van der Waals surface area contributed by atoms with Crippen molar-refractivity contribution in [1.29, 1.82) is 0 Å². The summed E-state index contributed by atoms with van der Waals surface area (Å²) in [5, 5.41) is 18.3. The van der Waals surface area contributed by atoms with E-state index < -0.39 is 22.6 Å². The van der Waals surface area contributed by atoms with Crippen molar-refractivity contribution in [2.24, 2.45) is 0 Å². The van der Waals surface area contributed by atoms with Crippen LogP contribution in [0.5, 0.6) is 0 Å². The Hall–Kier alpha value is -3.49. The lowest BCUT2D eigenvalue weighted by atomic mass is 9.81. The molecule has 2 aliphatic rings. The van der Waals surface area contributed by atoms with Crippen LogP contribution >= 0.6 is 0 Å². The number of benzene rings is 3. The quantitative estimate of drug-likeness (QED) is 0.383. The number of aliphatic hydroxyl groups is 1. The molecule has 1 fully saturated rings. The molecule has 7 nitrogen and oxygen atoms in total. The highest BCUT2D eigenvalue weighted by Gasteiger charge is 2.33. The molecule has 5 rings (SSSR count).